The highest BCUT2D eigenvalue weighted by Gasteiger charge is 2.31. The van der Waals surface area contributed by atoms with E-state index in [1.807, 2.05) is 63.2 Å². The predicted octanol–water partition coefficient (Wildman–Crippen LogP) is 5.51. The van der Waals surface area contributed by atoms with Gasteiger partial charge in [-0.15, -0.1) is 18.3 Å². The van der Waals surface area contributed by atoms with Gasteiger partial charge in [0.15, 0.2) is 5.82 Å². The first-order valence-corrected chi connectivity index (χ1v) is 13.9. The molecule has 0 aliphatic carbocycles. The van der Waals surface area contributed by atoms with Crippen LogP contribution in [0.3, 0.4) is 0 Å². The number of anilines is 1. The van der Waals surface area contributed by atoms with Gasteiger partial charge in [-0.05, 0) is 66.3 Å². The fourth-order valence-corrected chi connectivity index (χ4v) is 4.69. The minimum Gasteiger partial charge on any atom is -0.406 e. The summed E-state index contributed by atoms with van der Waals surface area (Å²) in [6.45, 7) is 6.34. The molecule has 0 saturated carbocycles. The number of ether oxygens (including phenoxy) is 1. The van der Waals surface area contributed by atoms with Crippen molar-refractivity contribution in [2.24, 2.45) is 4.99 Å². The van der Waals surface area contributed by atoms with Gasteiger partial charge in [0.1, 0.15) is 18.6 Å². The monoisotopic (exact) mass is 605 g/mol. The van der Waals surface area contributed by atoms with E-state index in [0.29, 0.717) is 24.5 Å². The summed E-state index contributed by atoms with van der Waals surface area (Å²) in [7, 11) is 0. The molecule has 0 bridgehead atoms. The maximum Gasteiger partial charge on any atom is 0.573 e. The van der Waals surface area contributed by atoms with Gasteiger partial charge in [0, 0.05) is 12.1 Å². The van der Waals surface area contributed by atoms with Crippen LogP contribution in [0.5, 0.6) is 5.75 Å². The van der Waals surface area contributed by atoms with Crippen LogP contribution in [0.25, 0.3) is 17.1 Å². The maximum atomic E-state index is 12.7. The Kier molecular flexibility index (Phi) is 8.65. The van der Waals surface area contributed by atoms with Gasteiger partial charge in [-0.1, -0.05) is 50.2 Å². The normalized spacial score (nSPS) is 13.3. The lowest BCUT2D eigenvalue weighted by molar-refractivity contribution is -0.274. The van der Waals surface area contributed by atoms with Crippen LogP contribution in [0.2, 0.25) is 0 Å². The van der Waals surface area contributed by atoms with Crippen LogP contribution in [0, 0.1) is 6.92 Å². The molecule has 3 amide bonds. The topological polar surface area (TPSA) is 114 Å². The summed E-state index contributed by atoms with van der Waals surface area (Å²) in [4.78, 5) is 35.4. The standard InChI is InChI=1S/C31H30F3N7O3/c1-19(2)25-13-4-20(3)16-26(25)41-27(42)17-36-29(41)38-30(43)35-15-14-21-5-7-22(8-6-21)28-37-18-40(39-28)23-9-11-24(12-10-23)44-31(32,33)34/h4-13,16,18-19H,14-15,17H2,1-3H3,(H2,35,36,38,43). The molecule has 0 spiro atoms. The molecule has 0 atom stereocenters. The number of hydrogen-bond acceptors (Lipinski definition) is 6. The predicted molar refractivity (Wildman–Crippen MR) is 159 cm³/mol. The second-order valence-corrected chi connectivity index (χ2v) is 10.5. The highest BCUT2D eigenvalue weighted by atomic mass is 19.4. The Labute approximate surface area is 251 Å². The lowest BCUT2D eigenvalue weighted by atomic mass is 9.98. The second kappa shape index (κ2) is 12.6. The van der Waals surface area contributed by atoms with E-state index in [4.69, 9.17) is 0 Å². The molecule has 228 valence electrons. The average Bonchev–Trinajstić information content (AvgIpc) is 3.60. The van der Waals surface area contributed by atoms with Crippen molar-refractivity contribution in [3.05, 3.63) is 89.7 Å². The van der Waals surface area contributed by atoms with Gasteiger partial charge in [0.2, 0.25) is 5.96 Å². The van der Waals surface area contributed by atoms with Crippen LogP contribution in [-0.2, 0) is 11.2 Å². The number of carbonyl (C=O) groups is 2. The molecule has 0 saturated heterocycles. The number of nitrogens with zero attached hydrogens (tertiary/aromatic N) is 5. The molecule has 5 rings (SSSR count). The third-order valence-corrected chi connectivity index (χ3v) is 6.84. The van der Waals surface area contributed by atoms with Crippen LogP contribution in [-0.4, -0.2) is 52.1 Å². The lowest BCUT2D eigenvalue weighted by Crippen LogP contribution is -2.48. The number of nitrogens with one attached hydrogen (secondary N) is 2. The molecule has 2 N–H and O–H groups in total. The molecule has 3 aromatic carbocycles. The molecule has 0 unspecified atom stereocenters. The van der Waals surface area contributed by atoms with E-state index < -0.39 is 12.4 Å². The fraction of sp³-hybridized carbons (Fsp3) is 0.258. The van der Waals surface area contributed by atoms with Gasteiger partial charge in [0.25, 0.3) is 5.91 Å². The molecule has 0 radical (unpaired) electrons. The molecule has 13 heteroatoms. The van der Waals surface area contributed by atoms with Gasteiger partial charge in [-0.2, -0.15) is 0 Å². The molecule has 0 fully saturated rings. The number of hydrogen-bond donors (Lipinski definition) is 2. The van der Waals surface area contributed by atoms with Crippen LogP contribution in [0.1, 0.15) is 36.5 Å². The number of amides is 3. The van der Waals surface area contributed by atoms with E-state index in [2.05, 4.69) is 30.4 Å². The van der Waals surface area contributed by atoms with Crippen molar-refractivity contribution in [2.45, 2.75) is 39.5 Å². The number of alkyl halides is 3. The van der Waals surface area contributed by atoms with Crippen molar-refractivity contribution in [1.29, 1.82) is 0 Å². The van der Waals surface area contributed by atoms with Crippen molar-refractivity contribution >= 4 is 23.6 Å². The lowest BCUT2D eigenvalue weighted by Gasteiger charge is -2.24. The summed E-state index contributed by atoms with van der Waals surface area (Å²) in [6.07, 6.45) is -2.74. The summed E-state index contributed by atoms with van der Waals surface area (Å²) in [5.41, 5.74) is 4.93. The van der Waals surface area contributed by atoms with Crippen molar-refractivity contribution < 1.29 is 27.5 Å². The Hall–Kier alpha value is -5.20. The first-order chi connectivity index (χ1) is 21.0. The Balaban J connectivity index is 1.14. The molecule has 1 aliphatic heterocycles. The van der Waals surface area contributed by atoms with Crippen LogP contribution in [0.15, 0.2) is 78.0 Å². The van der Waals surface area contributed by atoms with E-state index in [1.54, 1.807) is 0 Å². The molecule has 1 aromatic heterocycles. The van der Waals surface area contributed by atoms with Crippen molar-refractivity contribution in [2.75, 3.05) is 18.0 Å². The quantitative estimate of drug-likeness (QED) is 0.275. The number of aryl methyl sites for hydroxylation is 1. The zero-order valence-corrected chi connectivity index (χ0v) is 24.2. The van der Waals surface area contributed by atoms with E-state index in [-0.39, 0.29) is 30.1 Å². The summed E-state index contributed by atoms with van der Waals surface area (Å²) < 4.78 is 42.5. The number of halogens is 3. The molecular formula is C31H30F3N7O3. The van der Waals surface area contributed by atoms with E-state index in [0.717, 1.165) is 27.9 Å². The minimum atomic E-state index is -4.76. The molecule has 4 aromatic rings. The number of rotatable bonds is 8. The highest BCUT2D eigenvalue weighted by Crippen LogP contribution is 2.30. The van der Waals surface area contributed by atoms with Gasteiger partial charge < -0.3 is 10.1 Å². The van der Waals surface area contributed by atoms with Gasteiger partial charge in [-0.25, -0.2) is 24.4 Å². The van der Waals surface area contributed by atoms with E-state index in [9.17, 15) is 22.8 Å². The number of carbonyl (C=O) groups excluding carboxylic acids is 2. The Bertz CT molecular complexity index is 1680. The maximum absolute atomic E-state index is 12.7. The van der Waals surface area contributed by atoms with E-state index >= 15 is 0 Å². The fourth-order valence-electron chi connectivity index (χ4n) is 4.69. The first-order valence-electron chi connectivity index (χ1n) is 13.9. The minimum absolute atomic E-state index is 0.0380. The summed E-state index contributed by atoms with van der Waals surface area (Å²) in [6, 6.07) is 18.2. The number of aliphatic imine (C=N–C) groups is 1. The number of benzene rings is 3. The molecule has 10 nitrogen and oxygen atoms in total. The molecule has 1 aliphatic rings. The smallest absolute Gasteiger partial charge is 0.406 e. The number of urea groups is 1. The van der Waals surface area contributed by atoms with Crippen molar-refractivity contribution in [1.82, 2.24) is 25.4 Å². The summed E-state index contributed by atoms with van der Waals surface area (Å²) >= 11 is 0. The zero-order valence-electron chi connectivity index (χ0n) is 24.2. The number of guanidine groups is 1. The molecular weight excluding hydrogens is 575 g/mol. The van der Waals surface area contributed by atoms with Crippen molar-refractivity contribution in [3.8, 4) is 22.8 Å². The summed E-state index contributed by atoms with van der Waals surface area (Å²) in [5, 5.41) is 9.94. The van der Waals surface area contributed by atoms with Gasteiger partial charge >= 0.3 is 12.4 Å². The van der Waals surface area contributed by atoms with E-state index in [1.165, 1.54) is 40.2 Å². The van der Waals surface area contributed by atoms with Crippen LogP contribution >= 0.6 is 0 Å². The zero-order chi connectivity index (χ0) is 31.4. The average molecular weight is 606 g/mol. The Morgan fingerprint density at radius 3 is 2.45 bits per heavy atom. The second-order valence-electron chi connectivity index (χ2n) is 10.5. The van der Waals surface area contributed by atoms with Crippen LogP contribution in [0.4, 0.5) is 23.7 Å². The van der Waals surface area contributed by atoms with Crippen molar-refractivity contribution in [3.63, 3.8) is 0 Å². The van der Waals surface area contributed by atoms with Gasteiger partial charge in [-0.3, -0.25) is 10.1 Å². The van der Waals surface area contributed by atoms with Gasteiger partial charge in [0.05, 0.1) is 11.4 Å². The molecule has 44 heavy (non-hydrogen) atoms. The molecule has 2 heterocycles. The third kappa shape index (κ3) is 7.22. The Morgan fingerprint density at radius 1 is 1.05 bits per heavy atom. The summed E-state index contributed by atoms with van der Waals surface area (Å²) in [5.74, 6) is 0.281. The highest BCUT2D eigenvalue weighted by molar-refractivity contribution is 6.23. The van der Waals surface area contributed by atoms with Crippen LogP contribution < -0.4 is 20.3 Å². The SMILES string of the molecule is Cc1ccc(C(C)C)c(N2C(=O)CN=C2NC(=O)NCCc2ccc(-c3ncn(-c4ccc(OC(F)(F)F)cc4)n3)cc2)c1. The Morgan fingerprint density at radius 2 is 1.77 bits per heavy atom. The largest absolute Gasteiger partial charge is 0.573 e. The first kappa shape index (κ1) is 30.3. The third-order valence-electron chi connectivity index (χ3n) is 6.84. The number of aromatic nitrogens is 3.